The lowest BCUT2D eigenvalue weighted by Gasteiger charge is -2.16. The van der Waals surface area contributed by atoms with E-state index in [0.29, 0.717) is 22.3 Å². The summed E-state index contributed by atoms with van der Waals surface area (Å²) in [6.45, 7) is -0.111. The van der Waals surface area contributed by atoms with Crippen molar-refractivity contribution in [2.75, 3.05) is 18.9 Å². The zero-order valence-corrected chi connectivity index (χ0v) is 19.8. The number of halogens is 1. The van der Waals surface area contributed by atoms with Gasteiger partial charge in [-0.3, -0.25) is 4.72 Å². The highest BCUT2D eigenvalue weighted by Crippen LogP contribution is 2.38. The van der Waals surface area contributed by atoms with Crippen LogP contribution in [-0.2, 0) is 21.4 Å². The molecule has 1 N–H and O–H groups in total. The van der Waals surface area contributed by atoms with Crippen molar-refractivity contribution in [2.45, 2.75) is 11.5 Å². The topological polar surface area (TPSA) is 128 Å². The lowest BCUT2D eigenvalue weighted by molar-refractivity contribution is 0.0473. The number of nitrogens with one attached hydrogen (secondary N) is 1. The molecular formula is C22H16BrN3O6S. The molecular weight excluding hydrogens is 514 g/mol. The largest absolute Gasteiger partial charge is 0.494 e. The number of cyclic esters (lactones) is 1. The molecule has 4 rings (SSSR count). The average Bonchev–Trinajstić information content (AvgIpc) is 2.81. The Balaban J connectivity index is 2.01. The van der Waals surface area contributed by atoms with Crippen LogP contribution in [0.2, 0.25) is 0 Å². The summed E-state index contributed by atoms with van der Waals surface area (Å²) in [6, 6.07) is 11.1. The van der Waals surface area contributed by atoms with Crippen molar-refractivity contribution in [3.8, 4) is 28.8 Å². The van der Waals surface area contributed by atoms with Gasteiger partial charge in [-0.15, -0.1) is 0 Å². The number of anilines is 1. The molecule has 0 spiro atoms. The van der Waals surface area contributed by atoms with Crippen LogP contribution in [0.1, 0.15) is 21.5 Å². The van der Waals surface area contributed by atoms with E-state index < -0.39 is 16.0 Å². The van der Waals surface area contributed by atoms with Gasteiger partial charge in [0.15, 0.2) is 5.75 Å². The highest BCUT2D eigenvalue weighted by molar-refractivity contribution is 9.10. The van der Waals surface area contributed by atoms with E-state index in [4.69, 9.17) is 14.2 Å². The van der Waals surface area contributed by atoms with E-state index in [-0.39, 0.29) is 38.9 Å². The van der Waals surface area contributed by atoms with Gasteiger partial charge in [0.2, 0.25) is 5.88 Å². The first-order valence-electron chi connectivity index (χ1n) is 9.42. The number of ether oxygens (including phenoxy) is 3. The van der Waals surface area contributed by atoms with Crippen LogP contribution in [0, 0.1) is 11.3 Å². The first-order valence-corrected chi connectivity index (χ1v) is 11.7. The Morgan fingerprint density at radius 2 is 1.94 bits per heavy atom. The van der Waals surface area contributed by atoms with Crippen LogP contribution in [0.5, 0.6) is 11.6 Å². The minimum atomic E-state index is -4.26. The minimum absolute atomic E-state index is 0.00860. The van der Waals surface area contributed by atoms with Gasteiger partial charge in [0.25, 0.3) is 10.0 Å². The number of benzene rings is 2. The van der Waals surface area contributed by atoms with Crippen LogP contribution in [0.3, 0.4) is 0 Å². The number of methoxy groups -OCH3 is 2. The Labute approximate surface area is 198 Å². The van der Waals surface area contributed by atoms with Gasteiger partial charge >= 0.3 is 5.97 Å². The van der Waals surface area contributed by atoms with Gasteiger partial charge in [-0.25, -0.2) is 18.2 Å². The van der Waals surface area contributed by atoms with E-state index in [1.165, 1.54) is 38.6 Å². The number of hydrogen-bond acceptors (Lipinski definition) is 8. The average molecular weight is 530 g/mol. The molecule has 0 fully saturated rings. The van der Waals surface area contributed by atoms with E-state index in [2.05, 4.69) is 31.7 Å². The number of rotatable bonds is 2. The lowest BCUT2D eigenvalue weighted by Crippen LogP contribution is -2.16. The van der Waals surface area contributed by atoms with Gasteiger partial charge in [-0.2, -0.15) is 5.26 Å². The van der Waals surface area contributed by atoms with Gasteiger partial charge in [-0.05, 0) is 57.4 Å². The van der Waals surface area contributed by atoms with Gasteiger partial charge in [0.1, 0.15) is 17.2 Å². The van der Waals surface area contributed by atoms with Crippen molar-refractivity contribution < 1.29 is 27.4 Å². The van der Waals surface area contributed by atoms with Crippen LogP contribution >= 0.6 is 15.9 Å². The molecule has 0 saturated carbocycles. The molecule has 0 radical (unpaired) electrons. The lowest BCUT2D eigenvalue weighted by atomic mass is 9.98. The number of carbonyl (C=O) groups excluding carboxylic acids is 1. The molecule has 2 heterocycles. The van der Waals surface area contributed by atoms with Crippen molar-refractivity contribution in [1.29, 1.82) is 5.26 Å². The molecule has 0 aliphatic carbocycles. The number of pyridine rings is 1. The maximum absolute atomic E-state index is 13.3. The summed E-state index contributed by atoms with van der Waals surface area (Å²) in [4.78, 5) is 16.7. The molecule has 0 atom stereocenters. The van der Waals surface area contributed by atoms with Crippen LogP contribution < -0.4 is 14.2 Å². The summed E-state index contributed by atoms with van der Waals surface area (Å²) >= 11 is 3.26. The minimum Gasteiger partial charge on any atom is -0.494 e. The van der Waals surface area contributed by atoms with E-state index in [0.717, 1.165) is 0 Å². The second kappa shape index (κ2) is 8.73. The Bertz CT molecular complexity index is 1430. The molecule has 3 aromatic rings. The van der Waals surface area contributed by atoms with Crippen molar-refractivity contribution in [3.05, 3.63) is 63.8 Å². The van der Waals surface area contributed by atoms with Crippen LogP contribution in [0.15, 0.2) is 52.0 Å². The highest BCUT2D eigenvalue weighted by Gasteiger charge is 2.27. The molecule has 9 nitrogen and oxygen atoms in total. The number of esters is 1. The Kier molecular flexibility index (Phi) is 5.97. The Morgan fingerprint density at radius 1 is 1.15 bits per heavy atom. The van der Waals surface area contributed by atoms with Crippen molar-refractivity contribution in [1.82, 2.24) is 4.98 Å². The number of aromatic nitrogens is 1. The molecule has 4 bridgehead atoms. The number of fused-ring (bicyclic) bond motifs is 6. The smallest absolute Gasteiger partial charge is 0.338 e. The molecule has 1 aromatic heterocycles. The summed E-state index contributed by atoms with van der Waals surface area (Å²) in [5.41, 5.74) is 2.11. The maximum Gasteiger partial charge on any atom is 0.338 e. The number of hydrogen-bond donors (Lipinski definition) is 1. The summed E-state index contributed by atoms with van der Waals surface area (Å²) < 4.78 is 45.4. The number of nitrogens with zero attached hydrogens (tertiary/aromatic N) is 2. The van der Waals surface area contributed by atoms with Crippen molar-refractivity contribution in [3.63, 3.8) is 0 Å². The first-order chi connectivity index (χ1) is 15.8. The zero-order chi connectivity index (χ0) is 23.8. The van der Waals surface area contributed by atoms with E-state index >= 15 is 0 Å². The number of carbonyl (C=O) groups is 1. The Morgan fingerprint density at radius 3 is 2.64 bits per heavy atom. The van der Waals surface area contributed by atoms with E-state index in [9.17, 15) is 18.5 Å². The monoisotopic (exact) mass is 529 g/mol. The molecule has 11 heteroatoms. The second-order valence-corrected chi connectivity index (χ2v) is 9.44. The quantitative estimate of drug-likeness (QED) is 0.495. The molecule has 0 unspecified atom stereocenters. The fourth-order valence-electron chi connectivity index (χ4n) is 3.39. The van der Waals surface area contributed by atoms with E-state index in [1.807, 2.05) is 0 Å². The molecule has 168 valence electrons. The standard InChI is InChI=1S/C22H16BrN3O6S/c1-30-20-17(23)6-14-8-19(20)33(28,29)26-18-7-15(10-25-21(18)31-2)16-5-12(9-24)3-4-13(16)11-32-22(14)27/h3-8,10,26H,11H2,1-2H3. The fraction of sp³-hybridized carbons (Fsp3) is 0.136. The second-order valence-electron chi connectivity index (χ2n) is 6.94. The van der Waals surface area contributed by atoms with Gasteiger partial charge in [0.05, 0.1) is 35.9 Å². The van der Waals surface area contributed by atoms with Gasteiger partial charge in [0, 0.05) is 11.8 Å². The molecule has 1 aliphatic rings. The molecule has 1 aliphatic heterocycles. The van der Waals surface area contributed by atoms with Crippen LogP contribution in [-0.4, -0.2) is 33.6 Å². The zero-order valence-electron chi connectivity index (χ0n) is 17.4. The van der Waals surface area contributed by atoms with Crippen molar-refractivity contribution in [2.24, 2.45) is 0 Å². The molecule has 0 saturated heterocycles. The summed E-state index contributed by atoms with van der Waals surface area (Å²) in [5, 5.41) is 9.33. The Hall–Kier alpha value is -3.62. The summed E-state index contributed by atoms with van der Waals surface area (Å²) in [5.74, 6) is -0.678. The maximum atomic E-state index is 13.3. The third kappa shape index (κ3) is 4.22. The molecule has 2 aromatic carbocycles. The van der Waals surface area contributed by atoms with Gasteiger partial charge in [-0.1, -0.05) is 6.07 Å². The molecule has 33 heavy (non-hydrogen) atoms. The third-order valence-corrected chi connectivity index (χ3v) is 6.90. The molecule has 0 amide bonds. The number of sulfonamides is 1. The summed E-state index contributed by atoms with van der Waals surface area (Å²) in [6.07, 6.45) is 1.48. The predicted octanol–water partition coefficient (Wildman–Crippen LogP) is 3.87. The first kappa shape index (κ1) is 22.6. The van der Waals surface area contributed by atoms with Gasteiger partial charge < -0.3 is 14.2 Å². The fourth-order valence-corrected chi connectivity index (χ4v) is 5.40. The normalized spacial score (nSPS) is 14.2. The highest BCUT2D eigenvalue weighted by atomic mass is 79.9. The van der Waals surface area contributed by atoms with E-state index in [1.54, 1.807) is 18.2 Å². The SMILES string of the molecule is COc1ncc2cc1NS(=O)(=O)c1cc(cc(Br)c1OC)C(=O)OCc1ccc(C#N)cc1-2. The van der Waals surface area contributed by atoms with Crippen LogP contribution in [0.25, 0.3) is 11.1 Å². The predicted molar refractivity (Wildman–Crippen MR) is 122 cm³/mol. The third-order valence-electron chi connectivity index (χ3n) is 4.94. The van der Waals surface area contributed by atoms with Crippen molar-refractivity contribution >= 4 is 37.6 Å². The summed E-state index contributed by atoms with van der Waals surface area (Å²) in [7, 11) is -1.58. The van der Waals surface area contributed by atoms with Crippen LogP contribution in [0.4, 0.5) is 5.69 Å². The number of nitriles is 1.